The molecule has 1 aliphatic rings. The van der Waals surface area contributed by atoms with E-state index in [1.165, 1.54) is 36.5 Å². The van der Waals surface area contributed by atoms with Crippen molar-refractivity contribution in [2.45, 2.75) is 18.7 Å². The lowest BCUT2D eigenvalue weighted by Crippen LogP contribution is -2.32. The lowest BCUT2D eigenvalue weighted by atomic mass is 10.1. The number of pyridine rings is 1. The van der Waals surface area contributed by atoms with Crippen molar-refractivity contribution in [3.05, 3.63) is 88.7 Å². The number of nitrogens with one attached hydrogen (secondary N) is 2. The summed E-state index contributed by atoms with van der Waals surface area (Å²) in [5.41, 5.74) is 2.69. The van der Waals surface area contributed by atoms with E-state index in [4.69, 9.17) is 11.6 Å². The van der Waals surface area contributed by atoms with Crippen LogP contribution in [0.5, 0.6) is 0 Å². The van der Waals surface area contributed by atoms with Crippen LogP contribution in [-0.2, 0) is 19.6 Å². The van der Waals surface area contributed by atoms with Crippen molar-refractivity contribution >= 4 is 50.6 Å². The number of hydrogen-bond donors (Lipinski definition) is 2. The lowest BCUT2D eigenvalue weighted by Gasteiger charge is -2.16. The Bertz CT molecular complexity index is 1390. The van der Waals surface area contributed by atoms with Gasteiger partial charge in [0.15, 0.2) is 0 Å². The third-order valence-corrected chi connectivity index (χ3v) is 6.84. The first-order valence-corrected chi connectivity index (χ1v) is 11.7. The highest BCUT2D eigenvalue weighted by atomic mass is 35.5. The highest BCUT2D eigenvalue weighted by Gasteiger charge is 2.39. The summed E-state index contributed by atoms with van der Waals surface area (Å²) in [5.74, 6) is -1.04. The second kappa shape index (κ2) is 8.68. The minimum atomic E-state index is -3.85. The summed E-state index contributed by atoms with van der Waals surface area (Å²) in [4.78, 5) is 30.6. The SMILES string of the molecule is Cc1ccc(N2C(=O)C(Cl)=C(Nc3ccc(S(=O)(=O)Nc4ccccn4)cc3)C2=O)cc1C. The number of nitrogens with zero attached hydrogens (tertiary/aromatic N) is 2. The van der Waals surface area contributed by atoms with Gasteiger partial charge < -0.3 is 5.32 Å². The fraction of sp³-hybridized carbons (Fsp3) is 0.0870. The molecule has 0 radical (unpaired) electrons. The van der Waals surface area contributed by atoms with Crippen LogP contribution in [0.1, 0.15) is 11.1 Å². The quantitative estimate of drug-likeness (QED) is 0.515. The number of rotatable bonds is 6. The second-order valence-corrected chi connectivity index (χ2v) is 9.43. The number of anilines is 3. The Labute approximate surface area is 196 Å². The van der Waals surface area contributed by atoms with E-state index in [0.717, 1.165) is 16.0 Å². The molecule has 0 bridgehead atoms. The number of sulfonamides is 1. The maximum Gasteiger partial charge on any atom is 0.283 e. The molecule has 168 valence electrons. The van der Waals surface area contributed by atoms with Crippen LogP contribution in [-0.4, -0.2) is 25.2 Å². The summed E-state index contributed by atoms with van der Waals surface area (Å²) in [7, 11) is -3.85. The fourth-order valence-electron chi connectivity index (χ4n) is 3.19. The molecule has 1 aliphatic heterocycles. The number of benzene rings is 2. The van der Waals surface area contributed by atoms with Crippen molar-refractivity contribution in [2.24, 2.45) is 0 Å². The molecule has 0 unspecified atom stereocenters. The molecule has 3 aromatic rings. The van der Waals surface area contributed by atoms with Crippen LogP contribution in [0, 0.1) is 13.8 Å². The first-order chi connectivity index (χ1) is 15.7. The van der Waals surface area contributed by atoms with Crippen molar-refractivity contribution in [1.29, 1.82) is 0 Å². The molecule has 10 heteroatoms. The normalized spacial score (nSPS) is 14.1. The van der Waals surface area contributed by atoms with Crippen molar-refractivity contribution in [1.82, 2.24) is 4.98 Å². The summed E-state index contributed by atoms with van der Waals surface area (Å²) in [6.07, 6.45) is 1.48. The summed E-state index contributed by atoms with van der Waals surface area (Å²) >= 11 is 6.18. The van der Waals surface area contributed by atoms with Crippen molar-refractivity contribution in [2.75, 3.05) is 14.9 Å². The highest BCUT2D eigenvalue weighted by Crippen LogP contribution is 2.31. The molecule has 0 spiro atoms. The Morgan fingerprint density at radius 1 is 0.909 bits per heavy atom. The number of carbonyl (C=O) groups excluding carboxylic acids is 2. The first-order valence-electron chi connectivity index (χ1n) is 9.84. The van der Waals surface area contributed by atoms with Crippen LogP contribution >= 0.6 is 11.6 Å². The largest absolute Gasteiger partial charge is 0.350 e. The van der Waals surface area contributed by atoms with Gasteiger partial charge in [-0.05, 0) is 73.5 Å². The average Bonchev–Trinajstić information content (AvgIpc) is 3.00. The minimum absolute atomic E-state index is 0.00404. The molecule has 0 saturated carbocycles. The number of halogens is 1. The van der Waals surface area contributed by atoms with Gasteiger partial charge in [-0.15, -0.1) is 0 Å². The van der Waals surface area contributed by atoms with E-state index in [0.29, 0.717) is 11.4 Å². The van der Waals surface area contributed by atoms with Crippen LogP contribution in [0.15, 0.2) is 82.5 Å². The average molecular weight is 483 g/mol. The number of aryl methyl sites for hydroxylation is 2. The van der Waals surface area contributed by atoms with Crippen LogP contribution in [0.25, 0.3) is 0 Å². The van der Waals surface area contributed by atoms with Gasteiger partial charge in [0, 0.05) is 11.9 Å². The molecule has 2 heterocycles. The Morgan fingerprint density at radius 3 is 2.27 bits per heavy atom. The van der Waals surface area contributed by atoms with Gasteiger partial charge in [0.25, 0.3) is 21.8 Å². The van der Waals surface area contributed by atoms with E-state index in [2.05, 4.69) is 15.0 Å². The molecule has 33 heavy (non-hydrogen) atoms. The predicted molar refractivity (Wildman–Crippen MR) is 126 cm³/mol. The zero-order valence-corrected chi connectivity index (χ0v) is 19.2. The Balaban J connectivity index is 1.53. The van der Waals surface area contributed by atoms with E-state index in [1.54, 1.807) is 24.3 Å². The van der Waals surface area contributed by atoms with E-state index in [1.807, 2.05) is 19.9 Å². The molecular weight excluding hydrogens is 464 g/mol. The number of aromatic nitrogens is 1. The third kappa shape index (κ3) is 4.46. The molecule has 2 amide bonds. The number of imide groups is 1. The molecule has 0 saturated heterocycles. The number of amides is 2. The maximum absolute atomic E-state index is 12.9. The maximum atomic E-state index is 12.9. The van der Waals surface area contributed by atoms with E-state index < -0.39 is 21.8 Å². The monoisotopic (exact) mass is 482 g/mol. The van der Waals surface area contributed by atoms with Crippen LogP contribution in [0.3, 0.4) is 0 Å². The third-order valence-electron chi connectivity index (χ3n) is 5.11. The molecule has 4 rings (SSSR count). The first kappa shape index (κ1) is 22.5. The van der Waals surface area contributed by atoms with E-state index in [9.17, 15) is 18.0 Å². The molecule has 0 fully saturated rings. The smallest absolute Gasteiger partial charge is 0.283 e. The van der Waals surface area contributed by atoms with Gasteiger partial charge in [-0.3, -0.25) is 14.3 Å². The standard InChI is InChI=1S/C23H19ClN4O4S/c1-14-6-9-17(13-15(14)2)28-22(29)20(24)21(23(28)30)26-16-7-10-18(11-8-16)33(31,32)27-19-5-3-4-12-25-19/h3-13,26H,1-2H3,(H,25,27). The second-order valence-electron chi connectivity index (χ2n) is 7.37. The molecule has 2 N–H and O–H groups in total. The molecule has 2 aromatic carbocycles. The summed E-state index contributed by atoms with van der Waals surface area (Å²) < 4.78 is 27.5. The van der Waals surface area contributed by atoms with Crippen molar-refractivity contribution < 1.29 is 18.0 Å². The topological polar surface area (TPSA) is 108 Å². The highest BCUT2D eigenvalue weighted by molar-refractivity contribution is 7.92. The van der Waals surface area contributed by atoms with Crippen LogP contribution in [0.4, 0.5) is 17.2 Å². The van der Waals surface area contributed by atoms with E-state index >= 15 is 0 Å². The predicted octanol–water partition coefficient (Wildman–Crippen LogP) is 3.93. The lowest BCUT2D eigenvalue weighted by molar-refractivity contribution is -0.120. The van der Waals surface area contributed by atoms with Gasteiger partial charge in [0.05, 0.1) is 10.6 Å². The fourth-order valence-corrected chi connectivity index (χ4v) is 4.41. The summed E-state index contributed by atoms with van der Waals surface area (Å²) in [6.45, 7) is 3.82. The Morgan fingerprint density at radius 2 is 1.64 bits per heavy atom. The van der Waals surface area contributed by atoms with Gasteiger partial charge in [0.1, 0.15) is 16.5 Å². The van der Waals surface area contributed by atoms with Crippen molar-refractivity contribution in [3.8, 4) is 0 Å². The molecular formula is C23H19ClN4O4S. The van der Waals surface area contributed by atoms with Gasteiger partial charge in [-0.2, -0.15) is 0 Å². The van der Waals surface area contributed by atoms with Gasteiger partial charge in [0.2, 0.25) is 0 Å². The Hall–Kier alpha value is -3.69. The zero-order valence-electron chi connectivity index (χ0n) is 17.7. The van der Waals surface area contributed by atoms with Gasteiger partial charge in [-0.25, -0.2) is 18.3 Å². The molecule has 1 aromatic heterocycles. The van der Waals surface area contributed by atoms with E-state index in [-0.39, 0.29) is 21.4 Å². The van der Waals surface area contributed by atoms with Crippen LogP contribution < -0.4 is 14.9 Å². The molecule has 0 atom stereocenters. The summed E-state index contributed by atoms with van der Waals surface area (Å²) in [6, 6.07) is 15.8. The molecule has 8 nitrogen and oxygen atoms in total. The van der Waals surface area contributed by atoms with Gasteiger partial charge in [-0.1, -0.05) is 23.7 Å². The van der Waals surface area contributed by atoms with Crippen LogP contribution in [0.2, 0.25) is 0 Å². The van der Waals surface area contributed by atoms with Gasteiger partial charge >= 0.3 is 0 Å². The Kier molecular flexibility index (Phi) is 5.92. The zero-order chi connectivity index (χ0) is 23.8. The molecule has 0 aliphatic carbocycles. The van der Waals surface area contributed by atoms with Crippen molar-refractivity contribution in [3.63, 3.8) is 0 Å². The summed E-state index contributed by atoms with van der Waals surface area (Å²) in [5, 5.41) is 2.59. The minimum Gasteiger partial charge on any atom is -0.350 e. The number of hydrogen-bond acceptors (Lipinski definition) is 6. The number of carbonyl (C=O) groups is 2.